The third-order valence-electron chi connectivity index (χ3n) is 3.75. The van der Waals surface area contributed by atoms with Gasteiger partial charge in [0.05, 0.1) is 17.0 Å². The van der Waals surface area contributed by atoms with E-state index >= 15 is 0 Å². The van der Waals surface area contributed by atoms with Crippen LogP contribution in [-0.2, 0) is 5.54 Å². The first-order chi connectivity index (χ1) is 10.5. The fraction of sp³-hybridized carbons (Fsp3) is 0.167. The first-order valence-corrected chi connectivity index (χ1v) is 7.05. The number of carboxylic acids is 1. The quantitative estimate of drug-likeness (QED) is 0.938. The van der Waals surface area contributed by atoms with E-state index in [1.807, 2.05) is 44.2 Å². The zero-order valence-electron chi connectivity index (χ0n) is 12.4. The number of hydrogen-bond donors (Lipinski definition) is 1. The van der Waals surface area contributed by atoms with Crippen molar-refractivity contribution in [1.29, 1.82) is 0 Å². The molecular weight excluding hydrogens is 276 g/mol. The first-order valence-electron chi connectivity index (χ1n) is 7.05. The van der Waals surface area contributed by atoms with E-state index in [-0.39, 0.29) is 5.56 Å². The van der Waals surface area contributed by atoms with Crippen LogP contribution in [0.25, 0.3) is 11.3 Å². The van der Waals surface area contributed by atoms with Crippen LogP contribution in [0.3, 0.4) is 0 Å². The Hall–Kier alpha value is -2.75. The molecule has 22 heavy (non-hydrogen) atoms. The van der Waals surface area contributed by atoms with Crippen molar-refractivity contribution in [1.82, 2.24) is 4.98 Å². The van der Waals surface area contributed by atoms with Crippen LogP contribution < -0.4 is 0 Å². The Balaban J connectivity index is 1.98. The molecule has 0 spiro atoms. The lowest BCUT2D eigenvalue weighted by Crippen LogP contribution is -2.16. The largest absolute Gasteiger partial charge is 0.478 e. The number of allylic oxidation sites excluding steroid dienone is 1. The van der Waals surface area contributed by atoms with E-state index in [4.69, 9.17) is 10.1 Å². The summed E-state index contributed by atoms with van der Waals surface area (Å²) in [6.07, 6.45) is 4.04. The van der Waals surface area contributed by atoms with Gasteiger partial charge in [-0.05, 0) is 50.3 Å². The van der Waals surface area contributed by atoms with Gasteiger partial charge in [0.1, 0.15) is 5.54 Å². The number of aliphatic imine (C=N–C) groups is 1. The molecule has 1 atom stereocenters. The number of aromatic carboxylic acids is 1. The molecule has 2 heterocycles. The molecule has 1 N–H and O–H groups in total. The second kappa shape index (κ2) is 5.22. The van der Waals surface area contributed by atoms with Crippen LogP contribution in [0.15, 0.2) is 59.6 Å². The van der Waals surface area contributed by atoms with Crippen LogP contribution in [0.4, 0.5) is 0 Å². The lowest BCUT2D eigenvalue weighted by Gasteiger charge is -2.18. The summed E-state index contributed by atoms with van der Waals surface area (Å²) in [7, 11) is 0. The van der Waals surface area contributed by atoms with Crippen LogP contribution in [-0.4, -0.2) is 21.8 Å². The van der Waals surface area contributed by atoms with Gasteiger partial charge in [0.15, 0.2) is 0 Å². The van der Waals surface area contributed by atoms with E-state index in [0.29, 0.717) is 0 Å². The summed E-state index contributed by atoms with van der Waals surface area (Å²) in [4.78, 5) is 20.2. The molecule has 0 aliphatic carbocycles. The zero-order valence-corrected chi connectivity index (χ0v) is 12.4. The van der Waals surface area contributed by atoms with Crippen molar-refractivity contribution in [2.45, 2.75) is 19.4 Å². The Labute approximate surface area is 128 Å². The van der Waals surface area contributed by atoms with Gasteiger partial charge in [0.25, 0.3) is 0 Å². The van der Waals surface area contributed by atoms with Gasteiger partial charge in [-0.1, -0.05) is 18.2 Å². The minimum absolute atomic E-state index is 0.269. The third kappa shape index (κ3) is 2.55. The maximum absolute atomic E-state index is 10.9. The van der Waals surface area contributed by atoms with Gasteiger partial charge in [0, 0.05) is 11.3 Å². The number of rotatable bonds is 3. The number of hydrogen-bond acceptors (Lipinski definition) is 3. The van der Waals surface area contributed by atoms with Gasteiger partial charge >= 0.3 is 5.97 Å². The second-order valence-electron chi connectivity index (χ2n) is 5.52. The summed E-state index contributed by atoms with van der Waals surface area (Å²) < 4.78 is 0. The molecular formula is C18H16N2O2. The molecule has 4 nitrogen and oxygen atoms in total. The standard InChI is InChI=1S/C18H16N2O2/c1-12-10-11-18(2,20-12)16-5-3-4-15(19-16)13-6-8-14(9-7-13)17(21)22/h3-11H,1-2H3,(H,21,22). The molecule has 0 saturated carbocycles. The van der Waals surface area contributed by atoms with Gasteiger partial charge in [-0.15, -0.1) is 0 Å². The minimum atomic E-state index is -0.929. The van der Waals surface area contributed by atoms with Crippen molar-refractivity contribution in [2.75, 3.05) is 0 Å². The fourth-order valence-electron chi connectivity index (χ4n) is 2.53. The van der Waals surface area contributed by atoms with Crippen molar-refractivity contribution >= 4 is 11.7 Å². The molecule has 4 heteroatoms. The summed E-state index contributed by atoms with van der Waals surface area (Å²) in [6, 6.07) is 12.6. The maximum Gasteiger partial charge on any atom is 0.335 e. The van der Waals surface area contributed by atoms with E-state index < -0.39 is 11.5 Å². The number of nitrogens with zero attached hydrogens (tertiary/aromatic N) is 2. The number of pyridine rings is 1. The van der Waals surface area contributed by atoms with Crippen LogP contribution in [0.1, 0.15) is 29.9 Å². The highest BCUT2D eigenvalue weighted by atomic mass is 16.4. The topological polar surface area (TPSA) is 62.5 Å². The van der Waals surface area contributed by atoms with Crippen LogP contribution >= 0.6 is 0 Å². The van der Waals surface area contributed by atoms with E-state index in [9.17, 15) is 4.79 Å². The lowest BCUT2D eigenvalue weighted by atomic mass is 9.98. The normalized spacial score (nSPS) is 20.0. The summed E-state index contributed by atoms with van der Waals surface area (Å²) in [5.41, 5.74) is 3.40. The number of aromatic nitrogens is 1. The van der Waals surface area contributed by atoms with Gasteiger partial charge in [-0.3, -0.25) is 4.99 Å². The van der Waals surface area contributed by atoms with Crippen molar-refractivity contribution in [3.63, 3.8) is 0 Å². The molecule has 0 amide bonds. The Morgan fingerprint density at radius 2 is 1.86 bits per heavy atom. The van der Waals surface area contributed by atoms with Crippen molar-refractivity contribution in [2.24, 2.45) is 4.99 Å². The summed E-state index contributed by atoms with van der Waals surface area (Å²) in [5, 5.41) is 8.95. The molecule has 0 saturated heterocycles. The van der Waals surface area contributed by atoms with E-state index in [1.165, 1.54) is 0 Å². The zero-order chi connectivity index (χ0) is 15.7. The predicted molar refractivity (Wildman–Crippen MR) is 86.2 cm³/mol. The number of carboxylic acid groups (broad SMARTS) is 1. The summed E-state index contributed by atoms with van der Waals surface area (Å²) >= 11 is 0. The molecule has 1 aliphatic rings. The van der Waals surface area contributed by atoms with Crippen molar-refractivity contribution in [3.8, 4) is 11.3 Å². The average Bonchev–Trinajstić information content (AvgIpc) is 2.88. The fourth-order valence-corrected chi connectivity index (χ4v) is 2.53. The van der Waals surface area contributed by atoms with Crippen LogP contribution in [0.5, 0.6) is 0 Å². The summed E-state index contributed by atoms with van der Waals surface area (Å²) in [6.45, 7) is 4.00. The molecule has 2 aromatic rings. The van der Waals surface area contributed by atoms with Gasteiger partial charge < -0.3 is 5.11 Å². The number of benzene rings is 1. The Morgan fingerprint density at radius 3 is 2.45 bits per heavy atom. The van der Waals surface area contributed by atoms with Crippen LogP contribution in [0.2, 0.25) is 0 Å². The van der Waals surface area contributed by atoms with Crippen molar-refractivity contribution < 1.29 is 9.90 Å². The first kappa shape index (κ1) is 14.2. The molecule has 1 unspecified atom stereocenters. The third-order valence-corrected chi connectivity index (χ3v) is 3.75. The smallest absolute Gasteiger partial charge is 0.335 e. The monoisotopic (exact) mass is 292 g/mol. The Bertz CT molecular complexity index is 791. The highest BCUT2D eigenvalue weighted by molar-refractivity contribution is 5.95. The van der Waals surface area contributed by atoms with E-state index in [0.717, 1.165) is 22.7 Å². The average molecular weight is 292 g/mol. The van der Waals surface area contributed by atoms with Crippen molar-refractivity contribution in [3.05, 3.63) is 65.9 Å². The van der Waals surface area contributed by atoms with Gasteiger partial charge in [-0.25, -0.2) is 9.78 Å². The van der Waals surface area contributed by atoms with Gasteiger partial charge in [-0.2, -0.15) is 0 Å². The highest BCUT2D eigenvalue weighted by Crippen LogP contribution is 2.31. The second-order valence-corrected chi connectivity index (χ2v) is 5.52. The van der Waals surface area contributed by atoms with E-state index in [2.05, 4.69) is 4.99 Å². The SMILES string of the molecule is CC1=NC(C)(c2cccc(-c3ccc(C(=O)O)cc3)n2)C=C1. The highest BCUT2D eigenvalue weighted by Gasteiger charge is 2.27. The molecule has 1 aromatic carbocycles. The molecule has 0 radical (unpaired) electrons. The van der Waals surface area contributed by atoms with E-state index in [1.54, 1.807) is 24.3 Å². The van der Waals surface area contributed by atoms with Gasteiger partial charge in [0.2, 0.25) is 0 Å². The lowest BCUT2D eigenvalue weighted by molar-refractivity contribution is 0.0697. The van der Waals surface area contributed by atoms with Crippen LogP contribution in [0, 0.1) is 0 Å². The minimum Gasteiger partial charge on any atom is -0.478 e. The number of carbonyl (C=O) groups is 1. The molecule has 1 aromatic heterocycles. The molecule has 110 valence electrons. The Morgan fingerprint density at radius 1 is 1.14 bits per heavy atom. The summed E-state index contributed by atoms with van der Waals surface area (Å²) in [5.74, 6) is -0.929. The molecule has 0 fully saturated rings. The Kier molecular flexibility index (Phi) is 3.37. The predicted octanol–water partition coefficient (Wildman–Crippen LogP) is 3.69. The molecule has 0 bridgehead atoms. The molecule has 3 rings (SSSR count). The maximum atomic E-state index is 10.9. The molecule has 1 aliphatic heterocycles.